The van der Waals surface area contributed by atoms with E-state index in [1.165, 1.54) is 4.90 Å². The summed E-state index contributed by atoms with van der Waals surface area (Å²) in [5, 5.41) is 8.65. The third-order valence-corrected chi connectivity index (χ3v) is 2.44. The number of hydrogen-bond acceptors (Lipinski definition) is 3. The lowest BCUT2D eigenvalue weighted by Crippen LogP contribution is -2.35. The Bertz CT molecular complexity index is 379. The third kappa shape index (κ3) is 4.63. The van der Waals surface area contributed by atoms with Crippen LogP contribution in [0.2, 0.25) is 0 Å². The number of carbonyl (C=O) groups excluding carboxylic acids is 1. The summed E-state index contributed by atoms with van der Waals surface area (Å²) in [5.74, 6) is -1.11. The van der Waals surface area contributed by atoms with Gasteiger partial charge in [0.15, 0.2) is 0 Å². The molecule has 1 heterocycles. The first-order valence-corrected chi connectivity index (χ1v) is 5.52. The van der Waals surface area contributed by atoms with Crippen LogP contribution in [0.25, 0.3) is 0 Å². The van der Waals surface area contributed by atoms with Crippen molar-refractivity contribution in [3.8, 4) is 0 Å². The van der Waals surface area contributed by atoms with E-state index in [0.717, 1.165) is 5.56 Å². The second-order valence-corrected chi connectivity index (χ2v) is 3.66. The number of likely N-dealkylation sites (N-methyl/N-ethyl adjacent to an activating group) is 1. The van der Waals surface area contributed by atoms with Gasteiger partial charge in [-0.25, -0.2) is 0 Å². The van der Waals surface area contributed by atoms with Crippen LogP contribution in [0.5, 0.6) is 0 Å². The van der Waals surface area contributed by atoms with Crippen molar-refractivity contribution in [3.05, 3.63) is 30.1 Å². The average Bonchev–Trinajstić information content (AvgIpc) is 2.34. The molecule has 0 aliphatic heterocycles. The minimum Gasteiger partial charge on any atom is -0.480 e. The predicted molar refractivity (Wildman–Crippen MR) is 62.4 cm³/mol. The quantitative estimate of drug-likeness (QED) is 0.798. The first-order valence-electron chi connectivity index (χ1n) is 5.52. The van der Waals surface area contributed by atoms with E-state index >= 15 is 0 Å². The van der Waals surface area contributed by atoms with E-state index in [-0.39, 0.29) is 12.5 Å². The Hall–Kier alpha value is -1.91. The molecule has 0 aliphatic rings. The summed E-state index contributed by atoms with van der Waals surface area (Å²) in [6, 6.07) is 3.70. The highest BCUT2D eigenvalue weighted by Crippen LogP contribution is 2.03. The largest absolute Gasteiger partial charge is 0.480 e. The molecule has 0 saturated heterocycles. The summed E-state index contributed by atoms with van der Waals surface area (Å²) in [6.45, 7) is 1.96. The van der Waals surface area contributed by atoms with E-state index in [0.29, 0.717) is 19.4 Å². The smallest absolute Gasteiger partial charge is 0.323 e. The van der Waals surface area contributed by atoms with Gasteiger partial charge in [0.25, 0.3) is 0 Å². The van der Waals surface area contributed by atoms with Crippen LogP contribution in [0.1, 0.15) is 18.9 Å². The van der Waals surface area contributed by atoms with E-state index < -0.39 is 5.97 Å². The standard InChI is InChI=1S/C12H16N2O3/c1-2-14(9-12(16)17)11(15)4-3-10-5-7-13-8-6-10/h5-8H,2-4,9H2,1H3,(H,16,17). The van der Waals surface area contributed by atoms with Crippen LogP contribution in [-0.2, 0) is 16.0 Å². The molecule has 0 radical (unpaired) electrons. The zero-order valence-corrected chi connectivity index (χ0v) is 9.80. The molecule has 1 aromatic rings. The maximum atomic E-state index is 11.7. The lowest BCUT2D eigenvalue weighted by molar-refractivity contribution is -0.144. The van der Waals surface area contributed by atoms with Crippen molar-refractivity contribution < 1.29 is 14.7 Å². The molecule has 0 bridgehead atoms. The number of carbonyl (C=O) groups is 2. The van der Waals surface area contributed by atoms with Crippen molar-refractivity contribution in [2.45, 2.75) is 19.8 Å². The fourth-order valence-corrected chi connectivity index (χ4v) is 1.50. The van der Waals surface area contributed by atoms with Crippen LogP contribution in [0.4, 0.5) is 0 Å². The molecular weight excluding hydrogens is 220 g/mol. The lowest BCUT2D eigenvalue weighted by Gasteiger charge is -2.18. The molecule has 5 heteroatoms. The summed E-state index contributed by atoms with van der Waals surface area (Å²) >= 11 is 0. The van der Waals surface area contributed by atoms with Crippen molar-refractivity contribution in [3.63, 3.8) is 0 Å². The average molecular weight is 236 g/mol. The predicted octanol–water partition coefficient (Wildman–Crippen LogP) is 0.947. The monoisotopic (exact) mass is 236 g/mol. The number of rotatable bonds is 6. The van der Waals surface area contributed by atoms with Gasteiger partial charge in [-0.2, -0.15) is 0 Å². The fraction of sp³-hybridized carbons (Fsp3) is 0.417. The molecule has 1 N–H and O–H groups in total. The third-order valence-electron chi connectivity index (χ3n) is 2.44. The van der Waals surface area contributed by atoms with Gasteiger partial charge in [0.05, 0.1) is 0 Å². The molecule has 1 amide bonds. The Morgan fingerprint density at radius 2 is 2.00 bits per heavy atom. The summed E-state index contributed by atoms with van der Waals surface area (Å²) in [5.41, 5.74) is 1.03. The second kappa shape index (κ2) is 6.62. The lowest BCUT2D eigenvalue weighted by atomic mass is 10.1. The number of aryl methyl sites for hydroxylation is 1. The van der Waals surface area contributed by atoms with Gasteiger partial charge in [0.1, 0.15) is 6.54 Å². The number of carboxylic acids is 1. The number of pyridine rings is 1. The van der Waals surface area contributed by atoms with Crippen LogP contribution >= 0.6 is 0 Å². The van der Waals surface area contributed by atoms with Crippen molar-refractivity contribution >= 4 is 11.9 Å². The number of nitrogens with zero attached hydrogens (tertiary/aromatic N) is 2. The highest BCUT2D eigenvalue weighted by molar-refractivity contribution is 5.81. The molecule has 17 heavy (non-hydrogen) atoms. The number of amides is 1. The Morgan fingerprint density at radius 1 is 1.35 bits per heavy atom. The molecule has 0 aromatic carbocycles. The Balaban J connectivity index is 2.45. The first-order chi connectivity index (χ1) is 8.13. The van der Waals surface area contributed by atoms with Gasteiger partial charge in [0.2, 0.25) is 5.91 Å². The van der Waals surface area contributed by atoms with E-state index in [1.54, 1.807) is 19.3 Å². The Kier molecular flexibility index (Phi) is 5.13. The number of aliphatic carboxylic acids is 1. The molecule has 0 fully saturated rings. The Labute approximate surface area is 100 Å². The van der Waals surface area contributed by atoms with Crippen LogP contribution in [0.15, 0.2) is 24.5 Å². The summed E-state index contributed by atoms with van der Waals surface area (Å²) in [4.78, 5) is 27.5. The highest BCUT2D eigenvalue weighted by atomic mass is 16.4. The van der Waals surface area contributed by atoms with E-state index in [1.807, 2.05) is 12.1 Å². The van der Waals surface area contributed by atoms with Gasteiger partial charge in [0, 0.05) is 25.4 Å². The molecule has 0 unspecified atom stereocenters. The molecular formula is C12H16N2O3. The van der Waals surface area contributed by atoms with Crippen LogP contribution < -0.4 is 0 Å². The van der Waals surface area contributed by atoms with Crippen LogP contribution in [0.3, 0.4) is 0 Å². The number of aromatic nitrogens is 1. The molecule has 5 nitrogen and oxygen atoms in total. The minimum atomic E-state index is -0.982. The van der Waals surface area contributed by atoms with E-state index in [9.17, 15) is 9.59 Å². The molecule has 92 valence electrons. The van der Waals surface area contributed by atoms with E-state index in [4.69, 9.17) is 5.11 Å². The van der Waals surface area contributed by atoms with Gasteiger partial charge < -0.3 is 10.0 Å². The van der Waals surface area contributed by atoms with Gasteiger partial charge in [-0.3, -0.25) is 14.6 Å². The van der Waals surface area contributed by atoms with Gasteiger partial charge in [-0.05, 0) is 31.0 Å². The van der Waals surface area contributed by atoms with Crippen molar-refractivity contribution in [1.29, 1.82) is 0 Å². The maximum absolute atomic E-state index is 11.7. The summed E-state index contributed by atoms with van der Waals surface area (Å²) < 4.78 is 0. The molecule has 1 rings (SSSR count). The topological polar surface area (TPSA) is 70.5 Å². The Morgan fingerprint density at radius 3 is 2.53 bits per heavy atom. The van der Waals surface area contributed by atoms with Gasteiger partial charge >= 0.3 is 5.97 Å². The zero-order chi connectivity index (χ0) is 12.7. The molecule has 0 saturated carbocycles. The highest BCUT2D eigenvalue weighted by Gasteiger charge is 2.14. The number of hydrogen-bond donors (Lipinski definition) is 1. The minimum absolute atomic E-state index is 0.133. The van der Waals surface area contributed by atoms with Gasteiger partial charge in [-0.15, -0.1) is 0 Å². The van der Waals surface area contributed by atoms with Crippen molar-refractivity contribution in [1.82, 2.24) is 9.88 Å². The van der Waals surface area contributed by atoms with E-state index in [2.05, 4.69) is 4.98 Å². The molecule has 0 atom stereocenters. The fourth-order valence-electron chi connectivity index (χ4n) is 1.50. The normalized spacial score (nSPS) is 9.94. The molecule has 1 aromatic heterocycles. The second-order valence-electron chi connectivity index (χ2n) is 3.66. The zero-order valence-electron chi connectivity index (χ0n) is 9.80. The summed E-state index contributed by atoms with van der Waals surface area (Å²) in [7, 11) is 0. The van der Waals surface area contributed by atoms with Gasteiger partial charge in [-0.1, -0.05) is 0 Å². The van der Waals surface area contributed by atoms with Crippen molar-refractivity contribution in [2.75, 3.05) is 13.1 Å². The number of carboxylic acid groups (broad SMARTS) is 1. The molecule has 0 spiro atoms. The van der Waals surface area contributed by atoms with Crippen molar-refractivity contribution in [2.24, 2.45) is 0 Å². The first kappa shape index (κ1) is 13.2. The molecule has 0 aliphatic carbocycles. The van der Waals surface area contributed by atoms with Crippen LogP contribution in [-0.4, -0.2) is 40.0 Å². The summed E-state index contributed by atoms with van der Waals surface area (Å²) in [6.07, 6.45) is 4.28. The maximum Gasteiger partial charge on any atom is 0.323 e. The SMILES string of the molecule is CCN(CC(=O)O)C(=O)CCc1ccncc1. The van der Waals surface area contributed by atoms with Crippen LogP contribution in [0, 0.1) is 0 Å².